The molecule has 0 unspecified atom stereocenters. The molecule has 1 aromatic rings. The highest BCUT2D eigenvalue weighted by atomic mass is 35.5. The highest BCUT2D eigenvalue weighted by Crippen LogP contribution is 2.29. The topological polar surface area (TPSA) is 81.9 Å². The molecule has 0 saturated carbocycles. The third kappa shape index (κ3) is 2.83. The number of hydrogen-bond acceptors (Lipinski definition) is 5. The van der Waals surface area contributed by atoms with Gasteiger partial charge in [0, 0.05) is 16.8 Å². The van der Waals surface area contributed by atoms with Crippen LogP contribution in [0.5, 0.6) is 5.75 Å². The van der Waals surface area contributed by atoms with Crippen LogP contribution in [0.25, 0.3) is 0 Å². The van der Waals surface area contributed by atoms with Crippen molar-refractivity contribution >= 4 is 40.2 Å². The van der Waals surface area contributed by atoms with E-state index in [-0.39, 0.29) is 5.75 Å². The summed E-state index contributed by atoms with van der Waals surface area (Å²) in [6, 6.07) is 3.91. The van der Waals surface area contributed by atoms with E-state index in [4.69, 9.17) is 16.7 Å². The number of hydrogen-bond donors (Lipinski definition) is 3. The minimum atomic E-state index is -0.949. The first-order chi connectivity index (χ1) is 8.06. The number of carboxylic acids is 1. The molecule has 1 heterocycles. The lowest BCUT2D eigenvalue weighted by Gasteiger charge is -2.07. The molecule has 90 valence electrons. The minimum absolute atomic E-state index is 0.000394. The maximum atomic E-state index is 10.7. The number of benzene rings is 1. The quantitative estimate of drug-likeness (QED) is 0.718. The van der Waals surface area contributed by atoms with Crippen LogP contribution in [0.15, 0.2) is 23.2 Å². The normalized spacial score (nSPS) is 18.9. The molecule has 2 rings (SSSR count). The summed E-state index contributed by atoms with van der Waals surface area (Å²) in [5, 5.41) is 22.1. The van der Waals surface area contributed by atoms with Gasteiger partial charge >= 0.3 is 5.97 Å². The van der Waals surface area contributed by atoms with Crippen LogP contribution in [0.2, 0.25) is 5.02 Å². The molecule has 1 aromatic carbocycles. The fraction of sp³-hybridized carbons (Fsp3) is 0.200. The molecule has 17 heavy (non-hydrogen) atoms. The summed E-state index contributed by atoms with van der Waals surface area (Å²) in [5.74, 6) is -0.555. The number of aliphatic imine (C=N–C) groups is 1. The molecule has 0 aliphatic carbocycles. The highest BCUT2D eigenvalue weighted by Gasteiger charge is 2.24. The number of carbonyl (C=O) groups is 1. The summed E-state index contributed by atoms with van der Waals surface area (Å²) in [7, 11) is 0. The SMILES string of the molecule is O=C(O)[C@@H]1CSC(Nc2ccc(Cl)cc2O)=N1. The second-order valence-corrected chi connectivity index (χ2v) is 4.83. The molecule has 0 spiro atoms. The average Bonchev–Trinajstić information content (AvgIpc) is 2.71. The summed E-state index contributed by atoms with van der Waals surface area (Å²) >= 11 is 7.00. The number of halogens is 1. The van der Waals surface area contributed by atoms with Gasteiger partial charge in [0.2, 0.25) is 0 Å². The Morgan fingerprint density at radius 3 is 2.94 bits per heavy atom. The molecule has 1 aliphatic heterocycles. The van der Waals surface area contributed by atoms with E-state index in [9.17, 15) is 9.90 Å². The third-order valence-corrected chi connectivity index (χ3v) is 3.34. The molecular formula is C10H9ClN2O3S. The highest BCUT2D eigenvalue weighted by molar-refractivity contribution is 8.14. The van der Waals surface area contributed by atoms with Gasteiger partial charge in [0.25, 0.3) is 0 Å². The zero-order valence-electron chi connectivity index (χ0n) is 8.55. The van der Waals surface area contributed by atoms with Gasteiger partial charge in [-0.3, -0.25) is 0 Å². The van der Waals surface area contributed by atoms with Crippen molar-refractivity contribution in [1.29, 1.82) is 0 Å². The van der Waals surface area contributed by atoms with Gasteiger partial charge in [0.15, 0.2) is 11.2 Å². The van der Waals surface area contributed by atoms with Crippen LogP contribution in [-0.4, -0.2) is 33.1 Å². The minimum Gasteiger partial charge on any atom is -0.506 e. The fourth-order valence-electron chi connectivity index (χ4n) is 1.29. The Kier molecular flexibility index (Phi) is 3.44. The summed E-state index contributed by atoms with van der Waals surface area (Å²) < 4.78 is 0. The predicted molar refractivity (Wildman–Crippen MR) is 68.1 cm³/mol. The number of phenolic OH excluding ortho intramolecular Hbond substituents is 1. The predicted octanol–water partition coefficient (Wildman–Crippen LogP) is 2.01. The summed E-state index contributed by atoms with van der Waals surface area (Å²) in [4.78, 5) is 14.7. The molecule has 1 atom stereocenters. The molecule has 3 N–H and O–H groups in total. The number of aromatic hydroxyl groups is 1. The molecule has 0 amide bonds. The number of thioether (sulfide) groups is 1. The number of nitrogens with zero attached hydrogens (tertiary/aromatic N) is 1. The van der Waals surface area contributed by atoms with Gasteiger partial charge in [0.1, 0.15) is 5.75 Å². The molecule has 0 fully saturated rings. The summed E-state index contributed by atoms with van der Waals surface area (Å²) in [6.07, 6.45) is 0. The Morgan fingerprint density at radius 2 is 2.35 bits per heavy atom. The second kappa shape index (κ2) is 4.85. The average molecular weight is 273 g/mol. The second-order valence-electron chi connectivity index (χ2n) is 3.39. The number of anilines is 1. The molecule has 0 saturated heterocycles. The van der Waals surface area contributed by atoms with Gasteiger partial charge in [-0.25, -0.2) is 9.79 Å². The number of aliphatic carboxylic acids is 1. The smallest absolute Gasteiger partial charge is 0.329 e. The first-order valence-corrected chi connectivity index (χ1v) is 6.11. The lowest BCUT2D eigenvalue weighted by atomic mass is 10.3. The molecule has 0 radical (unpaired) electrons. The van der Waals surface area contributed by atoms with Gasteiger partial charge in [0.05, 0.1) is 5.69 Å². The Labute approximate surface area is 107 Å². The number of nitrogens with one attached hydrogen (secondary N) is 1. The number of carboxylic acid groups (broad SMARTS) is 1. The first-order valence-electron chi connectivity index (χ1n) is 4.75. The number of rotatable bonds is 2. The van der Waals surface area contributed by atoms with Crippen molar-refractivity contribution < 1.29 is 15.0 Å². The maximum absolute atomic E-state index is 10.7. The van der Waals surface area contributed by atoms with Crippen LogP contribution in [-0.2, 0) is 4.79 Å². The van der Waals surface area contributed by atoms with E-state index in [0.717, 1.165) is 0 Å². The van der Waals surface area contributed by atoms with Crippen molar-refractivity contribution in [3.05, 3.63) is 23.2 Å². The van der Waals surface area contributed by atoms with E-state index in [1.54, 1.807) is 12.1 Å². The van der Waals surface area contributed by atoms with Crippen LogP contribution in [0.1, 0.15) is 0 Å². The standard InChI is InChI=1S/C10H9ClN2O3S/c11-5-1-2-6(8(14)3-5)12-10-13-7(4-17-10)9(15)16/h1-3,7,14H,4H2,(H,12,13)(H,15,16)/t7-/m0/s1. The van der Waals surface area contributed by atoms with E-state index in [0.29, 0.717) is 21.6 Å². The van der Waals surface area contributed by atoms with E-state index in [2.05, 4.69) is 10.3 Å². The number of phenols is 1. The Balaban J connectivity index is 2.12. The maximum Gasteiger partial charge on any atom is 0.329 e. The van der Waals surface area contributed by atoms with Crippen molar-refractivity contribution in [3.63, 3.8) is 0 Å². The van der Waals surface area contributed by atoms with Gasteiger partial charge in [-0.15, -0.1) is 0 Å². The van der Waals surface area contributed by atoms with Gasteiger partial charge in [-0.1, -0.05) is 23.4 Å². The van der Waals surface area contributed by atoms with E-state index in [1.165, 1.54) is 17.8 Å². The Bertz CT molecular complexity index is 492. The molecule has 5 nitrogen and oxygen atoms in total. The van der Waals surface area contributed by atoms with Crippen LogP contribution in [0.4, 0.5) is 5.69 Å². The molecule has 1 aliphatic rings. The van der Waals surface area contributed by atoms with Crippen molar-refractivity contribution in [1.82, 2.24) is 0 Å². The van der Waals surface area contributed by atoms with Crippen molar-refractivity contribution in [2.45, 2.75) is 6.04 Å². The van der Waals surface area contributed by atoms with Gasteiger partial charge in [-0.05, 0) is 12.1 Å². The molecule has 0 aromatic heterocycles. The van der Waals surface area contributed by atoms with Crippen molar-refractivity contribution in [2.75, 3.05) is 11.1 Å². The number of amidine groups is 1. The largest absolute Gasteiger partial charge is 0.506 e. The molecule has 0 bridgehead atoms. The van der Waals surface area contributed by atoms with Crippen LogP contribution >= 0.6 is 23.4 Å². The van der Waals surface area contributed by atoms with E-state index < -0.39 is 12.0 Å². The first kappa shape index (κ1) is 12.1. The van der Waals surface area contributed by atoms with Gasteiger partial charge < -0.3 is 15.5 Å². The van der Waals surface area contributed by atoms with Crippen molar-refractivity contribution in [3.8, 4) is 5.75 Å². The Hall–Kier alpha value is -1.40. The lowest BCUT2D eigenvalue weighted by molar-refractivity contribution is -0.137. The van der Waals surface area contributed by atoms with Crippen LogP contribution in [0, 0.1) is 0 Å². The van der Waals surface area contributed by atoms with Crippen LogP contribution in [0.3, 0.4) is 0 Å². The fourth-order valence-corrected chi connectivity index (χ4v) is 2.38. The molecule has 7 heteroatoms. The zero-order chi connectivity index (χ0) is 12.4. The van der Waals surface area contributed by atoms with E-state index in [1.807, 2.05) is 0 Å². The van der Waals surface area contributed by atoms with E-state index >= 15 is 0 Å². The lowest BCUT2D eigenvalue weighted by Crippen LogP contribution is -2.17. The summed E-state index contributed by atoms with van der Waals surface area (Å²) in [6.45, 7) is 0. The molecular weight excluding hydrogens is 264 g/mol. The Morgan fingerprint density at radius 1 is 1.59 bits per heavy atom. The van der Waals surface area contributed by atoms with Gasteiger partial charge in [-0.2, -0.15) is 0 Å². The summed E-state index contributed by atoms with van der Waals surface area (Å²) in [5.41, 5.74) is 0.451. The van der Waals surface area contributed by atoms with Crippen LogP contribution < -0.4 is 5.32 Å². The monoisotopic (exact) mass is 272 g/mol. The zero-order valence-corrected chi connectivity index (χ0v) is 10.1. The third-order valence-electron chi connectivity index (χ3n) is 2.14. The van der Waals surface area contributed by atoms with Crippen molar-refractivity contribution in [2.24, 2.45) is 4.99 Å².